The molecule has 0 radical (unpaired) electrons. The molecule has 0 aliphatic carbocycles. The number of halogens is 2. The number of nitrogens with one attached hydrogen (secondary N) is 2. The second-order valence-electron chi connectivity index (χ2n) is 4.19. The minimum atomic E-state index is 0.493. The van der Waals surface area contributed by atoms with Gasteiger partial charge in [0.2, 0.25) is 0 Å². The van der Waals surface area contributed by atoms with E-state index in [0.717, 1.165) is 20.4 Å². The summed E-state index contributed by atoms with van der Waals surface area (Å²) in [5, 5.41) is 8.04. The molecule has 0 aliphatic rings. The van der Waals surface area contributed by atoms with Crippen molar-refractivity contribution in [3.63, 3.8) is 0 Å². The van der Waals surface area contributed by atoms with Crippen molar-refractivity contribution < 1.29 is 0 Å². The van der Waals surface area contributed by atoms with Crippen LogP contribution in [-0.2, 0) is 0 Å². The molecule has 0 bridgehead atoms. The van der Waals surface area contributed by atoms with E-state index >= 15 is 0 Å². The topological polar surface area (TPSA) is 37.0 Å². The Bertz CT molecular complexity index is 802. The van der Waals surface area contributed by atoms with Crippen LogP contribution in [0.15, 0.2) is 46.9 Å². The van der Waals surface area contributed by atoms with Gasteiger partial charge in [-0.3, -0.25) is 0 Å². The number of hydrogen-bond acceptors (Lipinski definition) is 3. The summed E-state index contributed by atoms with van der Waals surface area (Å²) in [6.45, 7) is 0. The third kappa shape index (κ3) is 3.52. The van der Waals surface area contributed by atoms with Crippen molar-refractivity contribution in [2.24, 2.45) is 0 Å². The van der Waals surface area contributed by atoms with E-state index in [2.05, 4.69) is 31.5 Å². The summed E-state index contributed by atoms with van der Waals surface area (Å²) >= 11 is 16.3. The monoisotopic (exact) mass is 397 g/mol. The van der Waals surface area contributed by atoms with Gasteiger partial charge in [-0.15, -0.1) is 0 Å². The summed E-state index contributed by atoms with van der Waals surface area (Å²) in [5.74, 6) is 0. The van der Waals surface area contributed by atoms with Crippen LogP contribution in [0.5, 0.6) is 0 Å². The third-order valence-corrected chi connectivity index (χ3v) is 4.67. The van der Waals surface area contributed by atoms with Crippen LogP contribution in [-0.4, -0.2) is 10.1 Å². The van der Waals surface area contributed by atoms with Crippen LogP contribution in [0.3, 0.4) is 0 Å². The second kappa shape index (κ2) is 6.27. The quantitative estimate of drug-likeness (QED) is 0.557. The molecule has 0 aliphatic heterocycles. The Labute approximate surface area is 144 Å². The predicted molar refractivity (Wildman–Crippen MR) is 98.6 cm³/mol. The van der Waals surface area contributed by atoms with Crippen molar-refractivity contribution in [1.29, 1.82) is 0 Å². The molecule has 106 valence electrons. The molecule has 3 rings (SSSR count). The fourth-order valence-electron chi connectivity index (χ4n) is 1.76. The Morgan fingerprint density at radius 3 is 2.62 bits per heavy atom. The predicted octanol–water partition coefficient (Wildman–Crippen LogP) is 5.52. The van der Waals surface area contributed by atoms with Crippen LogP contribution in [0.4, 0.5) is 10.8 Å². The SMILES string of the molecule is S=C(Nc1ccc(Br)cc1)Nc1nc2c(Cl)cccc2s1. The lowest BCUT2D eigenvalue weighted by molar-refractivity contribution is 1.47. The molecular formula is C14H9BrClN3S2. The van der Waals surface area contributed by atoms with Gasteiger partial charge in [0.1, 0.15) is 5.52 Å². The van der Waals surface area contributed by atoms with Gasteiger partial charge in [0.05, 0.1) is 9.72 Å². The first-order valence-electron chi connectivity index (χ1n) is 6.00. The van der Waals surface area contributed by atoms with Gasteiger partial charge in [0.15, 0.2) is 10.2 Å². The van der Waals surface area contributed by atoms with Crippen LogP contribution in [0.25, 0.3) is 10.2 Å². The summed E-state index contributed by atoms with van der Waals surface area (Å²) in [5.41, 5.74) is 1.70. The fraction of sp³-hybridized carbons (Fsp3) is 0. The first-order valence-corrected chi connectivity index (χ1v) is 8.40. The first kappa shape index (κ1) is 14.7. The Balaban J connectivity index is 1.74. The minimum Gasteiger partial charge on any atom is -0.332 e. The fourth-order valence-corrected chi connectivity index (χ4v) is 3.47. The van der Waals surface area contributed by atoms with Crippen molar-refractivity contribution in [2.75, 3.05) is 10.6 Å². The zero-order valence-electron chi connectivity index (χ0n) is 10.6. The molecule has 3 nitrogen and oxygen atoms in total. The van der Waals surface area contributed by atoms with E-state index in [9.17, 15) is 0 Å². The summed E-state index contributed by atoms with van der Waals surface area (Å²) in [7, 11) is 0. The van der Waals surface area contributed by atoms with Crippen LogP contribution in [0.2, 0.25) is 5.02 Å². The number of rotatable bonds is 2. The molecule has 1 aromatic heterocycles. The molecule has 0 saturated carbocycles. The lowest BCUT2D eigenvalue weighted by atomic mass is 10.3. The highest BCUT2D eigenvalue weighted by Gasteiger charge is 2.08. The summed E-state index contributed by atoms with van der Waals surface area (Å²) in [6.07, 6.45) is 0. The molecule has 1 heterocycles. The maximum Gasteiger partial charge on any atom is 0.190 e. The van der Waals surface area contributed by atoms with Gasteiger partial charge < -0.3 is 10.6 Å². The standard InChI is InChI=1S/C14H9BrClN3S2/c15-8-4-6-9(7-5-8)17-13(20)19-14-18-12-10(16)2-1-3-11(12)21-14/h1-7H,(H2,17,18,19,20). The average molecular weight is 399 g/mol. The van der Waals surface area contributed by atoms with Gasteiger partial charge in [0, 0.05) is 10.2 Å². The smallest absolute Gasteiger partial charge is 0.190 e. The highest BCUT2D eigenvalue weighted by molar-refractivity contribution is 9.10. The first-order chi connectivity index (χ1) is 10.1. The molecule has 7 heteroatoms. The van der Waals surface area contributed by atoms with Gasteiger partial charge in [0.25, 0.3) is 0 Å². The van der Waals surface area contributed by atoms with E-state index in [-0.39, 0.29) is 0 Å². The average Bonchev–Trinajstić information content (AvgIpc) is 2.85. The Hall–Kier alpha value is -1.21. The Morgan fingerprint density at radius 2 is 1.90 bits per heavy atom. The van der Waals surface area contributed by atoms with Gasteiger partial charge in [-0.1, -0.05) is 44.9 Å². The van der Waals surface area contributed by atoms with E-state index in [4.69, 9.17) is 23.8 Å². The molecule has 2 aromatic carbocycles. The maximum absolute atomic E-state index is 6.11. The van der Waals surface area contributed by atoms with E-state index in [0.29, 0.717) is 15.3 Å². The van der Waals surface area contributed by atoms with Crippen molar-refractivity contribution in [3.05, 3.63) is 52.0 Å². The molecule has 0 spiro atoms. The highest BCUT2D eigenvalue weighted by Crippen LogP contribution is 2.30. The minimum absolute atomic E-state index is 0.493. The number of fused-ring (bicyclic) bond motifs is 1. The molecule has 21 heavy (non-hydrogen) atoms. The van der Waals surface area contributed by atoms with E-state index in [1.165, 1.54) is 11.3 Å². The largest absolute Gasteiger partial charge is 0.332 e. The number of aromatic nitrogens is 1. The Morgan fingerprint density at radius 1 is 1.14 bits per heavy atom. The molecule has 3 aromatic rings. The van der Waals surface area contributed by atoms with Crippen LogP contribution >= 0.6 is 51.1 Å². The number of thiocarbonyl (C=S) groups is 1. The van der Waals surface area contributed by atoms with Crippen LogP contribution in [0.1, 0.15) is 0 Å². The van der Waals surface area contributed by atoms with E-state index in [1.54, 1.807) is 0 Å². The van der Waals surface area contributed by atoms with E-state index in [1.807, 2.05) is 42.5 Å². The second-order valence-corrected chi connectivity index (χ2v) is 6.95. The number of para-hydroxylation sites is 1. The highest BCUT2D eigenvalue weighted by atomic mass is 79.9. The van der Waals surface area contributed by atoms with Gasteiger partial charge in [-0.25, -0.2) is 4.98 Å². The molecular weight excluding hydrogens is 390 g/mol. The molecule has 0 fully saturated rings. The number of thiazole rings is 1. The zero-order valence-corrected chi connectivity index (χ0v) is 14.5. The van der Waals surface area contributed by atoms with Gasteiger partial charge in [-0.05, 0) is 48.6 Å². The third-order valence-electron chi connectivity index (χ3n) is 2.69. The molecule has 0 atom stereocenters. The normalized spacial score (nSPS) is 10.6. The number of hydrogen-bond donors (Lipinski definition) is 2. The van der Waals surface area contributed by atoms with Crippen molar-refractivity contribution >= 4 is 77.2 Å². The van der Waals surface area contributed by atoms with E-state index < -0.39 is 0 Å². The maximum atomic E-state index is 6.11. The molecule has 2 N–H and O–H groups in total. The van der Waals surface area contributed by atoms with Crippen molar-refractivity contribution in [1.82, 2.24) is 4.98 Å². The zero-order chi connectivity index (χ0) is 14.8. The van der Waals surface area contributed by atoms with Crippen LogP contribution in [0, 0.1) is 0 Å². The van der Waals surface area contributed by atoms with Gasteiger partial charge in [-0.2, -0.15) is 0 Å². The lowest BCUT2D eigenvalue weighted by Crippen LogP contribution is -2.18. The molecule has 0 saturated heterocycles. The summed E-state index contributed by atoms with van der Waals surface area (Å²) in [4.78, 5) is 4.45. The molecule has 0 amide bonds. The van der Waals surface area contributed by atoms with Crippen molar-refractivity contribution in [3.8, 4) is 0 Å². The van der Waals surface area contributed by atoms with Gasteiger partial charge >= 0.3 is 0 Å². The van der Waals surface area contributed by atoms with Crippen molar-refractivity contribution in [2.45, 2.75) is 0 Å². The lowest BCUT2D eigenvalue weighted by Gasteiger charge is -2.08. The Kier molecular flexibility index (Phi) is 4.40. The number of nitrogens with zero attached hydrogens (tertiary/aromatic N) is 1. The number of anilines is 2. The molecule has 0 unspecified atom stereocenters. The number of benzene rings is 2. The summed E-state index contributed by atoms with van der Waals surface area (Å²) < 4.78 is 2.05. The summed E-state index contributed by atoms with van der Waals surface area (Å²) in [6, 6.07) is 13.5. The van der Waals surface area contributed by atoms with Crippen LogP contribution < -0.4 is 10.6 Å².